The molecule has 0 aliphatic heterocycles. The molecule has 0 fully saturated rings. The Balaban J connectivity index is 2.27. The van der Waals surface area contributed by atoms with Crippen LogP contribution in [0.15, 0.2) is 41.5 Å². The van der Waals surface area contributed by atoms with Crippen LogP contribution in [0.3, 0.4) is 0 Å². The van der Waals surface area contributed by atoms with Gasteiger partial charge in [-0.25, -0.2) is 0 Å². The third kappa shape index (κ3) is 1.96. The van der Waals surface area contributed by atoms with E-state index in [2.05, 4.69) is 9.97 Å². The Morgan fingerprint density at radius 2 is 2.00 bits per heavy atom. The zero-order chi connectivity index (χ0) is 13.4. The van der Waals surface area contributed by atoms with Crippen LogP contribution in [0.4, 0.5) is 5.69 Å². The number of nitrogens with zero attached hydrogens (tertiary/aromatic N) is 4. The molecule has 2 heterocycles. The van der Waals surface area contributed by atoms with Crippen molar-refractivity contribution in [2.75, 3.05) is 0 Å². The van der Waals surface area contributed by atoms with Gasteiger partial charge < -0.3 is 0 Å². The number of non-ortho nitro benzene ring substituents is 1. The molecule has 0 aliphatic rings. The molecule has 94 valence electrons. The first-order valence-corrected chi connectivity index (χ1v) is 6.87. The number of nitro benzene ring substituents is 1. The van der Waals surface area contributed by atoms with Gasteiger partial charge in [-0.2, -0.15) is 0 Å². The maximum absolute atomic E-state index is 12.2. The minimum absolute atomic E-state index is 0.0845. The van der Waals surface area contributed by atoms with Crippen molar-refractivity contribution < 1.29 is 4.92 Å². The van der Waals surface area contributed by atoms with E-state index in [1.165, 1.54) is 15.7 Å². The first kappa shape index (κ1) is 11.8. The molecule has 8 heteroatoms. The van der Waals surface area contributed by atoms with E-state index in [0.717, 1.165) is 4.26 Å². The molecule has 0 spiro atoms. The van der Waals surface area contributed by atoms with Crippen molar-refractivity contribution in [3.05, 3.63) is 57.1 Å². The molecule has 0 radical (unpaired) electrons. The van der Waals surface area contributed by atoms with Crippen LogP contribution in [0, 0.1) is 10.1 Å². The number of hydrogen-bond acceptors (Lipinski definition) is 5. The predicted molar refractivity (Wildman–Crippen MR) is 68.7 cm³/mol. The third-order valence-corrected chi connectivity index (χ3v) is 4.75. The van der Waals surface area contributed by atoms with E-state index >= 15 is 0 Å². The number of aromatic nitrogens is 3. The second-order valence-corrected chi connectivity index (χ2v) is 5.75. The molecular formula is C11H6N4O3Se. The van der Waals surface area contributed by atoms with E-state index < -0.39 is 4.92 Å². The van der Waals surface area contributed by atoms with Gasteiger partial charge in [0.05, 0.1) is 0 Å². The maximum atomic E-state index is 12.2. The van der Waals surface area contributed by atoms with Crippen molar-refractivity contribution in [2.24, 2.45) is 0 Å². The van der Waals surface area contributed by atoms with Crippen LogP contribution in [0.1, 0.15) is 0 Å². The van der Waals surface area contributed by atoms with E-state index in [-0.39, 0.29) is 26.0 Å². The van der Waals surface area contributed by atoms with Crippen LogP contribution in [0.2, 0.25) is 0 Å². The monoisotopic (exact) mass is 322 g/mol. The Labute approximate surface area is 112 Å². The third-order valence-electron chi connectivity index (χ3n) is 2.51. The standard InChI is InChI=1S/C11H6N4O3Se/c16-10-8-6-7(15(17)18)2-3-9(8)19-14(10)11-12-4-1-5-13-11/h1-6H. The fourth-order valence-corrected chi connectivity index (χ4v) is 3.60. The number of benzene rings is 1. The summed E-state index contributed by atoms with van der Waals surface area (Å²) in [6.45, 7) is 0. The van der Waals surface area contributed by atoms with Gasteiger partial charge in [-0.15, -0.1) is 0 Å². The number of hydrogen-bond donors (Lipinski definition) is 0. The number of nitro groups is 1. The SMILES string of the molecule is O=c1c2cc([N+](=O)[O-])ccc2[se]n1-c1ncccn1. The van der Waals surface area contributed by atoms with Gasteiger partial charge in [0.1, 0.15) is 0 Å². The Morgan fingerprint density at radius 3 is 2.68 bits per heavy atom. The van der Waals surface area contributed by atoms with Gasteiger partial charge in [0.25, 0.3) is 0 Å². The summed E-state index contributed by atoms with van der Waals surface area (Å²) in [5.74, 6) is 0.325. The number of rotatable bonds is 2. The minimum atomic E-state index is -0.512. The number of fused-ring (bicyclic) bond motifs is 1. The first-order valence-electron chi connectivity index (χ1n) is 5.25. The van der Waals surface area contributed by atoms with Gasteiger partial charge in [-0.05, 0) is 0 Å². The zero-order valence-electron chi connectivity index (χ0n) is 9.39. The summed E-state index contributed by atoms with van der Waals surface area (Å²) in [5, 5.41) is 11.1. The van der Waals surface area contributed by atoms with Crippen molar-refractivity contribution in [2.45, 2.75) is 0 Å². The Bertz CT molecular complexity index is 825. The molecule has 0 aliphatic carbocycles. The van der Waals surface area contributed by atoms with Crippen molar-refractivity contribution >= 4 is 30.1 Å². The molecule has 0 atom stereocenters. The van der Waals surface area contributed by atoms with Crippen molar-refractivity contribution in [1.29, 1.82) is 0 Å². The molecule has 3 rings (SSSR count). The summed E-state index contributed by atoms with van der Waals surface area (Å²) in [6, 6.07) is 5.99. The van der Waals surface area contributed by atoms with Gasteiger partial charge >= 0.3 is 112 Å². The van der Waals surface area contributed by atoms with Gasteiger partial charge in [0.15, 0.2) is 0 Å². The summed E-state index contributed by atoms with van der Waals surface area (Å²) in [7, 11) is 0. The van der Waals surface area contributed by atoms with Crippen molar-refractivity contribution in [3.8, 4) is 5.95 Å². The quantitative estimate of drug-likeness (QED) is 0.394. The molecule has 0 bridgehead atoms. The van der Waals surface area contributed by atoms with Gasteiger partial charge in [-0.3, -0.25) is 0 Å². The Morgan fingerprint density at radius 1 is 1.26 bits per heavy atom. The average Bonchev–Trinajstić information content (AvgIpc) is 2.77. The van der Waals surface area contributed by atoms with Crippen LogP contribution in [-0.2, 0) is 0 Å². The molecule has 0 N–H and O–H groups in total. The molecule has 0 amide bonds. The van der Waals surface area contributed by atoms with Crippen molar-refractivity contribution in [3.63, 3.8) is 0 Å². The molecule has 1 aromatic carbocycles. The van der Waals surface area contributed by atoms with E-state index in [9.17, 15) is 14.9 Å². The van der Waals surface area contributed by atoms with E-state index in [1.807, 2.05) is 0 Å². The van der Waals surface area contributed by atoms with Crippen molar-refractivity contribution in [1.82, 2.24) is 13.5 Å². The average molecular weight is 321 g/mol. The summed E-state index contributed by atoms with van der Waals surface area (Å²) in [4.78, 5) is 30.5. The van der Waals surface area contributed by atoms with E-state index in [1.54, 1.807) is 24.5 Å². The molecule has 0 saturated heterocycles. The summed E-state index contributed by atoms with van der Waals surface area (Å²) >= 11 is -0.289. The summed E-state index contributed by atoms with van der Waals surface area (Å²) < 4.78 is 2.26. The second kappa shape index (κ2) is 4.42. The molecule has 3 aromatic rings. The van der Waals surface area contributed by atoms with Crippen LogP contribution in [0.25, 0.3) is 15.6 Å². The topological polar surface area (TPSA) is 90.9 Å². The molecule has 19 heavy (non-hydrogen) atoms. The molecular weight excluding hydrogens is 315 g/mol. The Hall–Kier alpha value is -2.31. The first-order chi connectivity index (χ1) is 9.16. The van der Waals surface area contributed by atoms with Crippen LogP contribution in [0.5, 0.6) is 0 Å². The van der Waals surface area contributed by atoms with E-state index in [4.69, 9.17) is 0 Å². The zero-order valence-corrected chi connectivity index (χ0v) is 11.1. The fourth-order valence-electron chi connectivity index (χ4n) is 1.66. The summed E-state index contributed by atoms with van der Waals surface area (Å²) in [6.07, 6.45) is 3.11. The molecule has 7 nitrogen and oxygen atoms in total. The van der Waals surface area contributed by atoms with Gasteiger partial charge in [0.2, 0.25) is 0 Å². The fraction of sp³-hybridized carbons (Fsp3) is 0. The predicted octanol–water partition coefficient (Wildman–Crippen LogP) is 0.746. The Kier molecular flexibility index (Phi) is 2.73. The van der Waals surface area contributed by atoms with E-state index in [0.29, 0.717) is 11.3 Å². The normalized spacial score (nSPS) is 10.7. The van der Waals surface area contributed by atoms with Crippen LogP contribution in [-0.4, -0.2) is 33.2 Å². The van der Waals surface area contributed by atoms with Gasteiger partial charge in [0, 0.05) is 0 Å². The molecule has 2 aromatic heterocycles. The molecule has 0 unspecified atom stereocenters. The van der Waals surface area contributed by atoms with Crippen LogP contribution >= 0.6 is 0 Å². The second-order valence-electron chi connectivity index (χ2n) is 3.68. The van der Waals surface area contributed by atoms with Gasteiger partial charge in [-0.1, -0.05) is 0 Å². The van der Waals surface area contributed by atoms with Crippen LogP contribution < -0.4 is 5.56 Å². The molecule has 0 saturated carbocycles. The summed E-state index contributed by atoms with van der Waals surface area (Å²) in [5.41, 5.74) is -0.372.